The average molecular weight is 370 g/mol. The molecule has 0 aliphatic carbocycles. The predicted molar refractivity (Wildman–Crippen MR) is 92.7 cm³/mol. The van der Waals surface area contributed by atoms with Gasteiger partial charge in [-0.3, -0.25) is 4.90 Å². The fraction of sp³-hybridized carbons (Fsp3) is 0.647. The van der Waals surface area contributed by atoms with Crippen LogP contribution in [-0.2, 0) is 14.8 Å². The molecule has 0 unspecified atom stereocenters. The van der Waals surface area contributed by atoms with Gasteiger partial charge in [-0.1, -0.05) is 17.7 Å². The van der Waals surface area contributed by atoms with Gasteiger partial charge in [-0.25, -0.2) is 13.1 Å². The van der Waals surface area contributed by atoms with Crippen LogP contribution in [0.1, 0.15) is 18.4 Å². The van der Waals surface area contributed by atoms with Crippen molar-refractivity contribution in [2.24, 2.45) is 0 Å². The molecule has 0 aromatic heterocycles. The van der Waals surface area contributed by atoms with Crippen LogP contribution < -0.4 is 4.72 Å². The predicted octanol–water partition coefficient (Wildman–Crippen LogP) is -0.142. The fourth-order valence-electron chi connectivity index (χ4n) is 3.63. The molecular formula is C17H26N2O5S. The van der Waals surface area contributed by atoms with Gasteiger partial charge >= 0.3 is 0 Å². The van der Waals surface area contributed by atoms with E-state index in [4.69, 9.17) is 4.74 Å². The van der Waals surface area contributed by atoms with Crippen molar-refractivity contribution < 1.29 is 23.4 Å². The highest BCUT2D eigenvalue weighted by atomic mass is 32.2. The summed E-state index contributed by atoms with van der Waals surface area (Å²) in [7, 11) is -3.65. The molecule has 2 aliphatic heterocycles. The maximum Gasteiger partial charge on any atom is 0.240 e. The van der Waals surface area contributed by atoms with Crippen LogP contribution in [0.3, 0.4) is 0 Å². The zero-order chi connectivity index (χ0) is 18.0. The van der Waals surface area contributed by atoms with E-state index < -0.39 is 28.3 Å². The number of rotatable bonds is 6. The molecule has 25 heavy (non-hydrogen) atoms. The molecule has 0 spiro atoms. The molecule has 3 rings (SSSR count). The van der Waals surface area contributed by atoms with Crippen LogP contribution in [0.4, 0.5) is 0 Å². The number of aliphatic hydroxyl groups excluding tert-OH is 2. The highest BCUT2D eigenvalue weighted by molar-refractivity contribution is 7.89. The first-order valence-electron chi connectivity index (χ1n) is 8.67. The number of hydrogen-bond donors (Lipinski definition) is 3. The minimum absolute atomic E-state index is 0.0605. The van der Waals surface area contributed by atoms with E-state index in [-0.39, 0.29) is 24.1 Å². The molecule has 2 fully saturated rings. The highest BCUT2D eigenvalue weighted by Crippen LogP contribution is 2.28. The molecule has 2 heterocycles. The van der Waals surface area contributed by atoms with Crippen LogP contribution in [0, 0.1) is 6.92 Å². The number of nitrogens with zero attached hydrogens (tertiary/aromatic N) is 1. The number of hydrogen-bond acceptors (Lipinski definition) is 6. The second-order valence-electron chi connectivity index (χ2n) is 6.78. The number of likely N-dealkylation sites (tertiary alicyclic amines) is 1. The summed E-state index contributed by atoms with van der Waals surface area (Å²) in [5.74, 6) is 0. The third-order valence-corrected chi connectivity index (χ3v) is 6.45. The van der Waals surface area contributed by atoms with Gasteiger partial charge < -0.3 is 14.9 Å². The van der Waals surface area contributed by atoms with Crippen LogP contribution in [-0.4, -0.2) is 74.1 Å². The number of aliphatic hydroxyl groups is 2. The second kappa shape index (κ2) is 7.69. The molecule has 0 bridgehead atoms. The van der Waals surface area contributed by atoms with E-state index in [1.54, 1.807) is 24.3 Å². The highest BCUT2D eigenvalue weighted by Gasteiger charge is 2.46. The third kappa shape index (κ3) is 4.05. The van der Waals surface area contributed by atoms with Crippen LogP contribution in [0.5, 0.6) is 0 Å². The zero-order valence-corrected chi connectivity index (χ0v) is 15.2. The van der Waals surface area contributed by atoms with Gasteiger partial charge in [0.1, 0.15) is 12.2 Å². The summed E-state index contributed by atoms with van der Waals surface area (Å²) in [4.78, 5) is 2.33. The van der Waals surface area contributed by atoms with E-state index >= 15 is 0 Å². The minimum atomic E-state index is -3.65. The van der Waals surface area contributed by atoms with Gasteiger partial charge in [0.2, 0.25) is 10.0 Å². The quantitative estimate of drug-likeness (QED) is 0.645. The lowest BCUT2D eigenvalue weighted by Crippen LogP contribution is -2.50. The van der Waals surface area contributed by atoms with Crippen LogP contribution >= 0.6 is 0 Å². The van der Waals surface area contributed by atoms with E-state index in [2.05, 4.69) is 9.62 Å². The second-order valence-corrected chi connectivity index (χ2v) is 8.55. The third-order valence-electron chi connectivity index (χ3n) is 5.01. The van der Waals surface area contributed by atoms with Crippen LogP contribution in [0.2, 0.25) is 0 Å². The summed E-state index contributed by atoms with van der Waals surface area (Å²) in [5, 5.41) is 19.9. The lowest BCUT2D eigenvalue weighted by atomic mass is 10.0. The van der Waals surface area contributed by atoms with Crippen molar-refractivity contribution in [1.29, 1.82) is 0 Å². The summed E-state index contributed by atoms with van der Waals surface area (Å²) in [6.45, 7) is 3.37. The molecule has 2 saturated heterocycles. The van der Waals surface area contributed by atoms with E-state index in [1.165, 1.54) is 0 Å². The Morgan fingerprint density at radius 3 is 2.44 bits per heavy atom. The van der Waals surface area contributed by atoms with Crippen LogP contribution in [0.25, 0.3) is 0 Å². The van der Waals surface area contributed by atoms with Gasteiger partial charge in [0.25, 0.3) is 0 Å². The Morgan fingerprint density at radius 1 is 1.20 bits per heavy atom. The standard InChI is InChI=1S/C17H26N2O5S/c1-12-4-6-13(7-5-12)25(22,23)18-10-14-16(19-8-2-3-9-19)17(21)15(11-20)24-14/h4-7,14-18,20-21H,2-3,8-11H2,1H3/t14-,15+,16+,17-/m1/s1. The van der Waals surface area contributed by atoms with Crippen molar-refractivity contribution in [3.63, 3.8) is 0 Å². The lowest BCUT2D eigenvalue weighted by Gasteiger charge is -2.30. The molecule has 4 atom stereocenters. The molecule has 1 aromatic rings. The minimum Gasteiger partial charge on any atom is -0.394 e. The smallest absolute Gasteiger partial charge is 0.240 e. The maximum absolute atomic E-state index is 12.5. The number of benzene rings is 1. The molecule has 2 aliphatic rings. The van der Waals surface area contributed by atoms with Crippen molar-refractivity contribution in [2.45, 2.75) is 49.0 Å². The van der Waals surface area contributed by atoms with Crippen molar-refractivity contribution in [1.82, 2.24) is 9.62 Å². The first-order chi connectivity index (χ1) is 11.9. The van der Waals surface area contributed by atoms with Gasteiger partial charge in [-0.2, -0.15) is 0 Å². The number of ether oxygens (including phenoxy) is 1. The lowest BCUT2D eigenvalue weighted by molar-refractivity contribution is -0.0201. The topological polar surface area (TPSA) is 99.1 Å². The van der Waals surface area contributed by atoms with E-state index in [0.717, 1.165) is 31.5 Å². The Bertz CT molecular complexity index is 673. The van der Waals surface area contributed by atoms with Crippen molar-refractivity contribution in [3.8, 4) is 0 Å². The summed E-state index contributed by atoms with van der Waals surface area (Å²) < 4.78 is 33.2. The fourth-order valence-corrected chi connectivity index (χ4v) is 4.67. The Balaban J connectivity index is 1.70. The number of sulfonamides is 1. The normalized spacial score (nSPS) is 30.8. The van der Waals surface area contributed by atoms with E-state index in [0.29, 0.717) is 0 Å². The number of aryl methyl sites for hydroxylation is 1. The Kier molecular flexibility index (Phi) is 5.77. The van der Waals surface area contributed by atoms with Crippen molar-refractivity contribution in [3.05, 3.63) is 29.8 Å². The summed E-state index contributed by atoms with van der Waals surface area (Å²) in [6.07, 6.45) is 0.103. The monoisotopic (exact) mass is 370 g/mol. The molecule has 0 amide bonds. The Morgan fingerprint density at radius 2 is 1.84 bits per heavy atom. The Hall–Kier alpha value is -1.03. The first kappa shape index (κ1) is 18.8. The van der Waals surface area contributed by atoms with E-state index in [1.807, 2.05) is 6.92 Å². The van der Waals surface area contributed by atoms with E-state index in [9.17, 15) is 18.6 Å². The molecule has 7 nitrogen and oxygen atoms in total. The number of nitrogens with one attached hydrogen (secondary N) is 1. The molecule has 0 saturated carbocycles. The molecular weight excluding hydrogens is 344 g/mol. The summed E-state index contributed by atoms with van der Waals surface area (Å²) >= 11 is 0. The molecule has 140 valence electrons. The van der Waals surface area contributed by atoms with Crippen LogP contribution in [0.15, 0.2) is 29.2 Å². The zero-order valence-electron chi connectivity index (χ0n) is 14.3. The molecule has 0 radical (unpaired) electrons. The SMILES string of the molecule is Cc1ccc(S(=O)(=O)NC[C@H]2O[C@@H](CO)[C@@H](O)[C@H]2N2CCCC2)cc1. The van der Waals surface area contributed by atoms with Crippen molar-refractivity contribution >= 4 is 10.0 Å². The summed E-state index contributed by atoms with van der Waals surface area (Å²) in [6, 6.07) is 6.33. The molecule has 8 heteroatoms. The van der Waals surface area contributed by atoms with Gasteiger partial charge in [-0.05, 0) is 45.0 Å². The van der Waals surface area contributed by atoms with Gasteiger partial charge in [0.05, 0.1) is 23.6 Å². The average Bonchev–Trinajstić information content (AvgIpc) is 3.21. The largest absolute Gasteiger partial charge is 0.394 e. The Labute approximate surface area is 148 Å². The molecule has 1 aromatic carbocycles. The summed E-state index contributed by atoms with van der Waals surface area (Å²) in [5.41, 5.74) is 0.987. The molecule has 3 N–H and O–H groups in total. The van der Waals surface area contributed by atoms with Gasteiger partial charge in [0, 0.05) is 6.54 Å². The van der Waals surface area contributed by atoms with Crippen molar-refractivity contribution in [2.75, 3.05) is 26.2 Å². The maximum atomic E-state index is 12.5. The first-order valence-corrected chi connectivity index (χ1v) is 10.2. The van der Waals surface area contributed by atoms with Gasteiger partial charge in [-0.15, -0.1) is 0 Å². The van der Waals surface area contributed by atoms with Gasteiger partial charge in [0.15, 0.2) is 0 Å².